The Kier molecular flexibility index (Phi) is 6.93. The van der Waals surface area contributed by atoms with Gasteiger partial charge in [0.15, 0.2) is 0 Å². The number of thiocarbonyl (C=S) groups is 1. The minimum absolute atomic E-state index is 0.0384. The molecule has 0 heterocycles. The number of benzene rings is 1. The number of hydrogen-bond acceptors (Lipinski definition) is 4. The normalized spacial score (nSPS) is 13.4. The molecule has 0 aliphatic rings. The minimum atomic E-state index is -3.69. The van der Waals surface area contributed by atoms with Gasteiger partial charge in [-0.1, -0.05) is 36.8 Å². The van der Waals surface area contributed by atoms with Crippen LogP contribution in [0.3, 0.4) is 0 Å². The van der Waals surface area contributed by atoms with E-state index in [2.05, 4.69) is 0 Å². The van der Waals surface area contributed by atoms with Crippen molar-refractivity contribution in [3.63, 3.8) is 0 Å². The summed E-state index contributed by atoms with van der Waals surface area (Å²) in [7, 11) is -2.11. The number of nitrogens with zero attached hydrogens (tertiary/aromatic N) is 1. The fraction of sp³-hybridized carbons (Fsp3) is 0.462. The first-order valence-electron chi connectivity index (χ1n) is 6.32. The lowest BCUT2D eigenvalue weighted by Gasteiger charge is -2.26. The number of thioether (sulfide) groups is 1. The van der Waals surface area contributed by atoms with Crippen molar-refractivity contribution in [1.29, 1.82) is 0 Å². The molecule has 0 aliphatic heterocycles. The van der Waals surface area contributed by atoms with Crippen LogP contribution in [0.4, 0.5) is 0 Å². The highest BCUT2D eigenvalue weighted by Crippen LogP contribution is 2.27. The van der Waals surface area contributed by atoms with Gasteiger partial charge in [0.2, 0.25) is 10.0 Å². The van der Waals surface area contributed by atoms with E-state index in [1.165, 1.54) is 16.4 Å². The lowest BCUT2D eigenvalue weighted by molar-refractivity contribution is 0.385. The molecule has 0 bridgehead atoms. The van der Waals surface area contributed by atoms with E-state index in [4.69, 9.17) is 29.6 Å². The molecule has 4 nitrogen and oxygen atoms in total. The number of halogens is 1. The summed E-state index contributed by atoms with van der Waals surface area (Å²) in [6.07, 6.45) is 2.67. The van der Waals surface area contributed by atoms with Crippen molar-refractivity contribution in [2.45, 2.75) is 24.3 Å². The zero-order valence-corrected chi connectivity index (χ0v) is 15.4. The number of sulfonamides is 1. The molecular formula is C13H19ClN2O2S3. The summed E-state index contributed by atoms with van der Waals surface area (Å²) in [4.78, 5) is 0.179. The van der Waals surface area contributed by atoms with Gasteiger partial charge >= 0.3 is 0 Å². The topological polar surface area (TPSA) is 63.4 Å². The Hall–Kier alpha value is -0.340. The molecule has 1 unspecified atom stereocenters. The van der Waals surface area contributed by atoms with Gasteiger partial charge in [0.1, 0.15) is 9.88 Å². The van der Waals surface area contributed by atoms with E-state index in [-0.39, 0.29) is 20.9 Å². The smallest absolute Gasteiger partial charge is 0.244 e. The Morgan fingerprint density at radius 3 is 2.62 bits per heavy atom. The molecule has 0 aromatic heterocycles. The Balaban J connectivity index is 3.29. The number of rotatable bonds is 7. The van der Waals surface area contributed by atoms with Gasteiger partial charge in [-0.15, -0.1) is 0 Å². The van der Waals surface area contributed by atoms with Crippen LogP contribution in [0.2, 0.25) is 5.02 Å². The van der Waals surface area contributed by atoms with Crippen LogP contribution in [0, 0.1) is 0 Å². The van der Waals surface area contributed by atoms with Crippen molar-refractivity contribution in [2.24, 2.45) is 5.73 Å². The maximum absolute atomic E-state index is 12.8. The molecule has 0 saturated heterocycles. The standard InChI is InChI=1S/C13H19ClN2O2S3/c1-4-10(8-20-3)16(2)21(17,18)12-7-9(13(15)19)5-6-11(12)14/h5-7,10H,4,8H2,1-3H3,(H2,15,19). The maximum atomic E-state index is 12.8. The molecule has 1 atom stereocenters. The summed E-state index contributed by atoms with van der Waals surface area (Å²) in [5, 5.41) is 0.167. The van der Waals surface area contributed by atoms with Crippen LogP contribution >= 0.6 is 35.6 Å². The van der Waals surface area contributed by atoms with Crippen LogP contribution in [-0.4, -0.2) is 42.8 Å². The van der Waals surface area contributed by atoms with Gasteiger partial charge in [-0.3, -0.25) is 0 Å². The van der Waals surface area contributed by atoms with Crippen molar-refractivity contribution < 1.29 is 8.42 Å². The summed E-state index contributed by atoms with van der Waals surface area (Å²) in [6.45, 7) is 1.96. The molecule has 2 N–H and O–H groups in total. The molecule has 0 spiro atoms. The highest BCUT2D eigenvalue weighted by atomic mass is 35.5. The Bertz CT molecular complexity index is 620. The summed E-state index contributed by atoms with van der Waals surface area (Å²) in [6, 6.07) is 4.46. The molecule has 8 heteroatoms. The minimum Gasteiger partial charge on any atom is -0.389 e. The molecule has 0 amide bonds. The molecule has 1 aromatic rings. The molecule has 0 radical (unpaired) electrons. The Morgan fingerprint density at radius 2 is 2.14 bits per heavy atom. The van der Waals surface area contributed by atoms with Crippen molar-refractivity contribution in [3.05, 3.63) is 28.8 Å². The third kappa shape index (κ3) is 4.32. The highest BCUT2D eigenvalue weighted by Gasteiger charge is 2.29. The monoisotopic (exact) mass is 366 g/mol. The molecular weight excluding hydrogens is 348 g/mol. The summed E-state index contributed by atoms with van der Waals surface area (Å²) in [5.74, 6) is 0.721. The lowest BCUT2D eigenvalue weighted by Crippen LogP contribution is -2.38. The van der Waals surface area contributed by atoms with Gasteiger partial charge in [0.25, 0.3) is 0 Å². The third-order valence-corrected chi connectivity index (χ3v) is 6.56. The van der Waals surface area contributed by atoms with E-state index in [0.29, 0.717) is 5.56 Å². The van der Waals surface area contributed by atoms with E-state index in [9.17, 15) is 8.42 Å². The second kappa shape index (κ2) is 7.78. The van der Waals surface area contributed by atoms with Crippen LogP contribution in [0.15, 0.2) is 23.1 Å². The van der Waals surface area contributed by atoms with Crippen LogP contribution in [-0.2, 0) is 10.0 Å². The Morgan fingerprint density at radius 1 is 1.52 bits per heavy atom. The van der Waals surface area contributed by atoms with E-state index in [1.54, 1.807) is 24.9 Å². The van der Waals surface area contributed by atoms with Crippen molar-refractivity contribution in [2.75, 3.05) is 19.1 Å². The molecule has 118 valence electrons. The molecule has 1 aromatic carbocycles. The predicted octanol–water partition coefficient (Wildman–Crippen LogP) is 2.74. The van der Waals surface area contributed by atoms with Crippen LogP contribution in [0.25, 0.3) is 0 Å². The zero-order valence-electron chi connectivity index (χ0n) is 12.2. The zero-order chi connectivity index (χ0) is 16.2. The first-order chi connectivity index (χ1) is 9.75. The Labute approximate surface area is 141 Å². The van der Waals surface area contributed by atoms with Crippen LogP contribution in [0.1, 0.15) is 18.9 Å². The van der Waals surface area contributed by atoms with Gasteiger partial charge < -0.3 is 5.73 Å². The molecule has 1 rings (SSSR count). The first kappa shape index (κ1) is 18.7. The SMILES string of the molecule is CCC(CSC)N(C)S(=O)(=O)c1cc(C(N)=S)ccc1Cl. The fourth-order valence-corrected chi connectivity index (χ4v) is 4.87. The second-order valence-corrected chi connectivity index (χ2v) is 8.27. The predicted molar refractivity (Wildman–Crippen MR) is 94.7 cm³/mol. The fourth-order valence-electron chi connectivity index (χ4n) is 1.88. The molecule has 0 aliphatic carbocycles. The lowest BCUT2D eigenvalue weighted by atomic mass is 10.2. The second-order valence-electron chi connectivity index (χ2n) is 4.55. The van der Waals surface area contributed by atoms with Crippen molar-refractivity contribution in [1.82, 2.24) is 4.31 Å². The van der Waals surface area contributed by atoms with Gasteiger partial charge in [0, 0.05) is 24.4 Å². The summed E-state index contributed by atoms with van der Waals surface area (Å²) < 4.78 is 26.9. The average Bonchev–Trinajstić information content (AvgIpc) is 2.43. The van der Waals surface area contributed by atoms with E-state index in [1.807, 2.05) is 13.2 Å². The van der Waals surface area contributed by atoms with Gasteiger partial charge in [-0.2, -0.15) is 16.1 Å². The molecule has 0 fully saturated rings. The molecule has 0 saturated carbocycles. The largest absolute Gasteiger partial charge is 0.389 e. The number of hydrogen-bond donors (Lipinski definition) is 1. The van der Waals surface area contributed by atoms with E-state index < -0.39 is 10.0 Å². The van der Waals surface area contributed by atoms with Crippen molar-refractivity contribution >= 4 is 50.6 Å². The molecule has 21 heavy (non-hydrogen) atoms. The van der Waals surface area contributed by atoms with Crippen LogP contribution < -0.4 is 5.73 Å². The quantitative estimate of drug-likeness (QED) is 0.752. The summed E-state index contributed by atoms with van der Waals surface area (Å²) >= 11 is 12.6. The summed E-state index contributed by atoms with van der Waals surface area (Å²) in [5.41, 5.74) is 6.05. The maximum Gasteiger partial charge on any atom is 0.244 e. The highest BCUT2D eigenvalue weighted by molar-refractivity contribution is 7.98. The van der Waals surface area contributed by atoms with Gasteiger partial charge in [-0.05, 0) is 24.8 Å². The first-order valence-corrected chi connectivity index (χ1v) is 9.94. The number of nitrogens with two attached hydrogens (primary N) is 1. The van der Waals surface area contributed by atoms with E-state index >= 15 is 0 Å². The van der Waals surface area contributed by atoms with Gasteiger partial charge in [-0.25, -0.2) is 8.42 Å². The van der Waals surface area contributed by atoms with E-state index in [0.717, 1.165) is 12.2 Å². The average molecular weight is 367 g/mol. The van der Waals surface area contributed by atoms with Crippen molar-refractivity contribution in [3.8, 4) is 0 Å². The van der Waals surface area contributed by atoms with Gasteiger partial charge in [0.05, 0.1) is 5.02 Å². The third-order valence-electron chi connectivity index (χ3n) is 3.22. The van der Waals surface area contributed by atoms with Crippen LogP contribution in [0.5, 0.6) is 0 Å².